The largest absolute Gasteiger partial charge is 0.341 e. The van der Waals surface area contributed by atoms with Crippen molar-refractivity contribution in [3.05, 3.63) is 69.2 Å². The molecule has 0 heterocycles. The third-order valence-electron chi connectivity index (χ3n) is 3.00. The normalized spacial score (nSPS) is 10.3. The van der Waals surface area contributed by atoms with E-state index in [1.54, 1.807) is 11.0 Å². The number of rotatable bonds is 4. The van der Waals surface area contributed by atoms with Crippen LogP contribution in [0, 0.1) is 0 Å². The molecule has 0 unspecified atom stereocenters. The van der Waals surface area contributed by atoms with Crippen molar-refractivity contribution in [3.8, 4) is 0 Å². The minimum Gasteiger partial charge on any atom is -0.341 e. The summed E-state index contributed by atoms with van der Waals surface area (Å²) in [6, 6.07) is 15.4. The molecule has 104 valence electrons. The van der Waals surface area contributed by atoms with E-state index < -0.39 is 0 Å². The van der Waals surface area contributed by atoms with E-state index in [4.69, 9.17) is 11.6 Å². The lowest BCUT2D eigenvalue weighted by molar-refractivity contribution is -0.129. The molecular weight excluding hydrogens is 338 g/mol. The van der Waals surface area contributed by atoms with Gasteiger partial charge < -0.3 is 4.90 Å². The first-order chi connectivity index (χ1) is 9.54. The standard InChI is InChI=1S/C16H15BrClNO/c1-19(11-12-5-7-14(17)8-6-12)16(20)10-13-3-2-4-15(18)9-13/h2-9H,10-11H2,1H3. The molecule has 2 rings (SSSR count). The van der Waals surface area contributed by atoms with E-state index in [2.05, 4.69) is 15.9 Å². The summed E-state index contributed by atoms with van der Waals surface area (Å²) in [5, 5.41) is 0.658. The molecule has 0 N–H and O–H groups in total. The second-order valence-electron chi connectivity index (χ2n) is 4.68. The zero-order valence-electron chi connectivity index (χ0n) is 11.1. The van der Waals surface area contributed by atoms with Gasteiger partial charge >= 0.3 is 0 Å². The highest BCUT2D eigenvalue weighted by molar-refractivity contribution is 9.10. The number of amides is 1. The van der Waals surface area contributed by atoms with E-state index in [-0.39, 0.29) is 5.91 Å². The first kappa shape index (κ1) is 15.1. The molecule has 0 fully saturated rings. The van der Waals surface area contributed by atoms with E-state index >= 15 is 0 Å². The van der Waals surface area contributed by atoms with Gasteiger partial charge in [-0.05, 0) is 35.4 Å². The maximum atomic E-state index is 12.2. The van der Waals surface area contributed by atoms with E-state index in [1.807, 2.05) is 49.5 Å². The topological polar surface area (TPSA) is 20.3 Å². The van der Waals surface area contributed by atoms with Gasteiger partial charge in [-0.25, -0.2) is 0 Å². The summed E-state index contributed by atoms with van der Waals surface area (Å²) in [6.07, 6.45) is 0.369. The Balaban J connectivity index is 1.96. The van der Waals surface area contributed by atoms with Crippen molar-refractivity contribution in [2.75, 3.05) is 7.05 Å². The zero-order chi connectivity index (χ0) is 14.5. The Hall–Kier alpha value is -1.32. The van der Waals surface area contributed by atoms with E-state index in [1.165, 1.54) is 0 Å². The Labute approximate surface area is 132 Å². The van der Waals surface area contributed by atoms with E-state index in [9.17, 15) is 4.79 Å². The monoisotopic (exact) mass is 351 g/mol. The molecule has 0 aliphatic rings. The van der Waals surface area contributed by atoms with E-state index in [0.29, 0.717) is 18.0 Å². The molecule has 0 radical (unpaired) electrons. The molecule has 1 amide bonds. The highest BCUT2D eigenvalue weighted by Crippen LogP contribution is 2.14. The third-order valence-corrected chi connectivity index (χ3v) is 3.77. The van der Waals surface area contributed by atoms with Crippen molar-refractivity contribution in [1.82, 2.24) is 4.90 Å². The highest BCUT2D eigenvalue weighted by Gasteiger charge is 2.10. The molecule has 0 bridgehead atoms. The summed E-state index contributed by atoms with van der Waals surface area (Å²) in [5.74, 6) is 0.0789. The van der Waals surface area contributed by atoms with Crippen molar-refractivity contribution < 1.29 is 4.79 Å². The highest BCUT2D eigenvalue weighted by atomic mass is 79.9. The molecule has 4 heteroatoms. The summed E-state index contributed by atoms with van der Waals surface area (Å²) >= 11 is 9.32. The molecule has 0 aromatic heterocycles. The van der Waals surface area contributed by atoms with Crippen LogP contribution in [0.3, 0.4) is 0 Å². The van der Waals surface area contributed by atoms with Crippen molar-refractivity contribution >= 4 is 33.4 Å². The molecule has 0 saturated heterocycles. The molecule has 0 aliphatic carbocycles. The Morgan fingerprint density at radius 3 is 2.50 bits per heavy atom. The van der Waals surface area contributed by atoms with Gasteiger partial charge in [0.15, 0.2) is 0 Å². The van der Waals surface area contributed by atoms with Gasteiger partial charge in [0.1, 0.15) is 0 Å². The maximum Gasteiger partial charge on any atom is 0.227 e. The fourth-order valence-corrected chi connectivity index (χ4v) is 2.39. The molecule has 20 heavy (non-hydrogen) atoms. The molecule has 0 atom stereocenters. The summed E-state index contributed by atoms with van der Waals surface area (Å²) < 4.78 is 1.04. The SMILES string of the molecule is CN(Cc1ccc(Br)cc1)C(=O)Cc1cccc(Cl)c1. The summed E-state index contributed by atoms with van der Waals surface area (Å²) in [7, 11) is 1.81. The van der Waals surface area contributed by atoms with Gasteiger partial charge in [0.25, 0.3) is 0 Å². The Morgan fingerprint density at radius 1 is 1.15 bits per heavy atom. The van der Waals surface area contributed by atoms with Crippen LogP contribution < -0.4 is 0 Å². The lowest BCUT2D eigenvalue weighted by atomic mass is 10.1. The summed E-state index contributed by atoms with van der Waals surface area (Å²) in [4.78, 5) is 13.9. The number of carbonyl (C=O) groups excluding carboxylic acids is 1. The lowest BCUT2D eigenvalue weighted by Gasteiger charge is -2.17. The fraction of sp³-hybridized carbons (Fsp3) is 0.188. The van der Waals surface area contributed by atoms with Crippen LogP contribution >= 0.6 is 27.5 Å². The van der Waals surface area contributed by atoms with E-state index in [0.717, 1.165) is 15.6 Å². The average molecular weight is 353 g/mol. The van der Waals surface area contributed by atoms with Crippen molar-refractivity contribution in [2.45, 2.75) is 13.0 Å². The van der Waals surface area contributed by atoms with Gasteiger partial charge in [-0.1, -0.05) is 51.8 Å². The molecule has 2 nitrogen and oxygen atoms in total. The fourth-order valence-electron chi connectivity index (χ4n) is 1.91. The summed E-state index contributed by atoms with van der Waals surface area (Å²) in [6.45, 7) is 0.604. The quantitative estimate of drug-likeness (QED) is 0.803. The predicted octanol–water partition coefficient (Wildman–Crippen LogP) is 4.30. The van der Waals surface area contributed by atoms with Gasteiger partial charge in [-0.3, -0.25) is 4.79 Å². The molecule has 2 aromatic rings. The molecule has 0 spiro atoms. The van der Waals surface area contributed by atoms with Crippen LogP contribution in [0.5, 0.6) is 0 Å². The second-order valence-corrected chi connectivity index (χ2v) is 6.04. The first-order valence-electron chi connectivity index (χ1n) is 6.27. The molecular formula is C16H15BrClNO. The Kier molecular flexibility index (Phi) is 5.21. The Morgan fingerprint density at radius 2 is 1.85 bits per heavy atom. The number of nitrogens with zero attached hydrogens (tertiary/aromatic N) is 1. The number of likely N-dealkylation sites (N-methyl/N-ethyl adjacent to an activating group) is 1. The third kappa shape index (κ3) is 4.36. The second kappa shape index (κ2) is 6.91. The average Bonchev–Trinajstić information content (AvgIpc) is 2.41. The lowest BCUT2D eigenvalue weighted by Crippen LogP contribution is -2.27. The predicted molar refractivity (Wildman–Crippen MR) is 85.8 cm³/mol. The van der Waals surface area contributed by atoms with Crippen LogP contribution in [-0.4, -0.2) is 17.9 Å². The van der Waals surface area contributed by atoms with Crippen LogP contribution in [0.15, 0.2) is 53.0 Å². The molecule has 2 aromatic carbocycles. The number of hydrogen-bond acceptors (Lipinski definition) is 1. The van der Waals surface area contributed by atoms with Crippen LogP contribution in [0.4, 0.5) is 0 Å². The smallest absolute Gasteiger partial charge is 0.227 e. The molecule has 0 saturated carbocycles. The molecule has 0 aliphatic heterocycles. The van der Waals surface area contributed by atoms with Gasteiger partial charge in [0.05, 0.1) is 6.42 Å². The zero-order valence-corrected chi connectivity index (χ0v) is 13.5. The summed E-state index contributed by atoms with van der Waals surface area (Å²) in [5.41, 5.74) is 2.04. The van der Waals surface area contributed by atoms with Crippen LogP contribution in [0.1, 0.15) is 11.1 Å². The van der Waals surface area contributed by atoms with Crippen LogP contribution in [0.25, 0.3) is 0 Å². The first-order valence-corrected chi connectivity index (χ1v) is 7.44. The van der Waals surface area contributed by atoms with Crippen molar-refractivity contribution in [3.63, 3.8) is 0 Å². The number of hydrogen-bond donors (Lipinski definition) is 0. The van der Waals surface area contributed by atoms with Crippen LogP contribution in [-0.2, 0) is 17.8 Å². The van der Waals surface area contributed by atoms with Gasteiger partial charge in [-0.15, -0.1) is 0 Å². The number of benzene rings is 2. The van der Waals surface area contributed by atoms with Crippen molar-refractivity contribution in [2.24, 2.45) is 0 Å². The Bertz CT molecular complexity index is 598. The van der Waals surface area contributed by atoms with Gasteiger partial charge in [0.2, 0.25) is 5.91 Å². The van der Waals surface area contributed by atoms with Gasteiger partial charge in [-0.2, -0.15) is 0 Å². The minimum absolute atomic E-state index is 0.0789. The van der Waals surface area contributed by atoms with Crippen LogP contribution in [0.2, 0.25) is 5.02 Å². The number of halogens is 2. The maximum absolute atomic E-state index is 12.2. The van der Waals surface area contributed by atoms with Gasteiger partial charge in [0, 0.05) is 23.1 Å². The number of carbonyl (C=O) groups is 1. The van der Waals surface area contributed by atoms with Crippen molar-refractivity contribution in [1.29, 1.82) is 0 Å². The minimum atomic E-state index is 0.0789.